The molecule has 1 N–H and O–H groups in total. The Morgan fingerprint density at radius 3 is 3.04 bits per heavy atom. The van der Waals surface area contributed by atoms with Crippen LogP contribution in [0.5, 0.6) is 5.75 Å². The molecule has 0 spiro atoms. The van der Waals surface area contributed by atoms with Crippen molar-refractivity contribution >= 4 is 17.4 Å². The largest absolute Gasteiger partial charge is 0.497 e. The highest BCUT2D eigenvalue weighted by Crippen LogP contribution is 2.30. The molecule has 2 heterocycles. The summed E-state index contributed by atoms with van der Waals surface area (Å²) in [5.74, 6) is 1.97. The molecule has 122 valence electrons. The smallest absolute Gasteiger partial charge is 0.227 e. The SMILES string of the molecule is COc1ccc2c(c1)CCCN2CCC(=O)Nc1cc(C)on1. The predicted molar refractivity (Wildman–Crippen MR) is 88.0 cm³/mol. The van der Waals surface area contributed by atoms with Crippen molar-refractivity contribution in [2.45, 2.75) is 26.2 Å². The number of nitrogens with zero attached hydrogens (tertiary/aromatic N) is 2. The van der Waals surface area contributed by atoms with Gasteiger partial charge in [-0.3, -0.25) is 4.79 Å². The van der Waals surface area contributed by atoms with Crippen molar-refractivity contribution in [3.8, 4) is 5.75 Å². The predicted octanol–water partition coefficient (Wildman–Crippen LogP) is 2.77. The van der Waals surface area contributed by atoms with E-state index >= 15 is 0 Å². The van der Waals surface area contributed by atoms with Gasteiger partial charge < -0.3 is 19.5 Å². The number of amides is 1. The lowest BCUT2D eigenvalue weighted by atomic mass is 10.0. The first-order chi connectivity index (χ1) is 11.2. The van der Waals surface area contributed by atoms with E-state index in [2.05, 4.69) is 27.5 Å². The molecule has 0 saturated heterocycles. The van der Waals surface area contributed by atoms with Crippen LogP contribution in [0, 0.1) is 6.92 Å². The number of fused-ring (bicyclic) bond motifs is 1. The van der Waals surface area contributed by atoms with Crippen molar-refractivity contribution in [1.82, 2.24) is 5.16 Å². The van der Waals surface area contributed by atoms with Crippen LogP contribution in [0.2, 0.25) is 0 Å². The van der Waals surface area contributed by atoms with Crippen LogP contribution in [0.15, 0.2) is 28.8 Å². The number of ether oxygens (including phenoxy) is 1. The Morgan fingerprint density at radius 2 is 2.30 bits per heavy atom. The molecule has 0 bridgehead atoms. The summed E-state index contributed by atoms with van der Waals surface area (Å²) in [5.41, 5.74) is 2.48. The third-order valence-electron chi connectivity index (χ3n) is 4.01. The van der Waals surface area contributed by atoms with Crippen LogP contribution in [0.25, 0.3) is 0 Å². The zero-order chi connectivity index (χ0) is 16.2. The first-order valence-corrected chi connectivity index (χ1v) is 7.81. The van der Waals surface area contributed by atoms with Crippen molar-refractivity contribution in [3.63, 3.8) is 0 Å². The second-order valence-electron chi connectivity index (χ2n) is 5.71. The lowest BCUT2D eigenvalue weighted by Gasteiger charge is -2.31. The van der Waals surface area contributed by atoms with E-state index in [9.17, 15) is 4.79 Å². The number of rotatable bonds is 5. The summed E-state index contributed by atoms with van der Waals surface area (Å²) in [5, 5.41) is 6.53. The fourth-order valence-electron chi connectivity index (χ4n) is 2.88. The van der Waals surface area contributed by atoms with Crippen LogP contribution in [0.3, 0.4) is 0 Å². The van der Waals surface area contributed by atoms with Crippen molar-refractivity contribution in [2.24, 2.45) is 0 Å². The zero-order valence-electron chi connectivity index (χ0n) is 13.5. The van der Waals surface area contributed by atoms with Crippen molar-refractivity contribution < 1.29 is 14.1 Å². The lowest BCUT2D eigenvalue weighted by molar-refractivity contribution is -0.116. The van der Waals surface area contributed by atoms with Gasteiger partial charge in [0.2, 0.25) is 5.91 Å². The highest BCUT2D eigenvalue weighted by molar-refractivity contribution is 5.90. The van der Waals surface area contributed by atoms with Gasteiger partial charge in [0.1, 0.15) is 11.5 Å². The van der Waals surface area contributed by atoms with E-state index in [-0.39, 0.29) is 5.91 Å². The van der Waals surface area contributed by atoms with Crippen molar-refractivity contribution in [3.05, 3.63) is 35.6 Å². The lowest BCUT2D eigenvalue weighted by Crippen LogP contribution is -2.32. The highest BCUT2D eigenvalue weighted by Gasteiger charge is 2.18. The Bertz CT molecular complexity index is 696. The number of aryl methyl sites for hydroxylation is 2. The van der Waals surface area contributed by atoms with E-state index in [1.807, 2.05) is 6.07 Å². The van der Waals surface area contributed by atoms with E-state index in [4.69, 9.17) is 9.26 Å². The first kappa shape index (κ1) is 15.4. The quantitative estimate of drug-likeness (QED) is 0.919. The highest BCUT2D eigenvalue weighted by atomic mass is 16.5. The number of hydrogen-bond acceptors (Lipinski definition) is 5. The Labute approximate surface area is 135 Å². The third-order valence-corrected chi connectivity index (χ3v) is 4.01. The van der Waals surface area contributed by atoms with Gasteiger partial charge in [-0.1, -0.05) is 5.16 Å². The maximum Gasteiger partial charge on any atom is 0.227 e. The molecular weight excluding hydrogens is 294 g/mol. The zero-order valence-corrected chi connectivity index (χ0v) is 13.5. The molecule has 6 heteroatoms. The minimum atomic E-state index is -0.0565. The fraction of sp³-hybridized carbons (Fsp3) is 0.412. The summed E-state index contributed by atoms with van der Waals surface area (Å²) in [4.78, 5) is 14.3. The number of anilines is 2. The average Bonchev–Trinajstić information content (AvgIpc) is 2.97. The molecule has 0 unspecified atom stereocenters. The Kier molecular flexibility index (Phi) is 4.50. The maximum absolute atomic E-state index is 12.0. The molecule has 1 aliphatic heterocycles. The molecule has 3 rings (SSSR count). The van der Waals surface area contributed by atoms with Gasteiger partial charge in [-0.2, -0.15) is 0 Å². The summed E-state index contributed by atoms with van der Waals surface area (Å²) in [7, 11) is 1.68. The van der Waals surface area contributed by atoms with Crippen LogP contribution >= 0.6 is 0 Å². The summed E-state index contributed by atoms with van der Waals surface area (Å²) >= 11 is 0. The van der Waals surface area contributed by atoms with Gasteiger partial charge in [-0.05, 0) is 43.5 Å². The van der Waals surface area contributed by atoms with Crippen LogP contribution < -0.4 is 15.0 Å². The average molecular weight is 315 g/mol. The number of aromatic nitrogens is 1. The molecule has 0 aliphatic carbocycles. The Hall–Kier alpha value is -2.50. The molecule has 1 aromatic heterocycles. The van der Waals surface area contributed by atoms with Gasteiger partial charge in [0.15, 0.2) is 5.82 Å². The van der Waals surface area contributed by atoms with Gasteiger partial charge in [-0.15, -0.1) is 0 Å². The summed E-state index contributed by atoms with van der Waals surface area (Å²) < 4.78 is 10.2. The second kappa shape index (κ2) is 6.73. The number of nitrogens with one attached hydrogen (secondary N) is 1. The van der Waals surface area contributed by atoms with Gasteiger partial charge in [0.05, 0.1) is 7.11 Å². The van der Waals surface area contributed by atoms with E-state index in [1.54, 1.807) is 20.1 Å². The Morgan fingerprint density at radius 1 is 1.43 bits per heavy atom. The number of hydrogen-bond donors (Lipinski definition) is 1. The monoisotopic (exact) mass is 315 g/mol. The van der Waals surface area contributed by atoms with Gasteiger partial charge >= 0.3 is 0 Å². The summed E-state index contributed by atoms with van der Waals surface area (Å²) in [6.07, 6.45) is 2.55. The molecule has 1 amide bonds. The molecule has 0 fully saturated rings. The molecule has 23 heavy (non-hydrogen) atoms. The third kappa shape index (κ3) is 3.64. The van der Waals surface area contributed by atoms with Crippen LogP contribution in [-0.2, 0) is 11.2 Å². The maximum atomic E-state index is 12.0. The van der Waals surface area contributed by atoms with Crippen molar-refractivity contribution in [1.29, 1.82) is 0 Å². The van der Waals surface area contributed by atoms with E-state index < -0.39 is 0 Å². The van der Waals surface area contributed by atoms with Gasteiger partial charge in [0.25, 0.3) is 0 Å². The second-order valence-corrected chi connectivity index (χ2v) is 5.71. The van der Waals surface area contributed by atoms with Crippen LogP contribution in [0.1, 0.15) is 24.2 Å². The number of carbonyl (C=O) groups excluding carboxylic acids is 1. The van der Waals surface area contributed by atoms with Gasteiger partial charge in [0, 0.05) is 31.3 Å². The standard InChI is InChI=1S/C17H21N3O3/c1-12-10-16(19-23-12)18-17(21)7-9-20-8-3-4-13-11-14(22-2)5-6-15(13)20/h5-6,10-11H,3-4,7-9H2,1-2H3,(H,18,19,21). The molecule has 0 atom stereocenters. The molecule has 1 aromatic carbocycles. The molecule has 6 nitrogen and oxygen atoms in total. The van der Waals surface area contributed by atoms with Crippen molar-refractivity contribution in [2.75, 3.05) is 30.4 Å². The normalized spacial score (nSPS) is 13.6. The molecule has 1 aliphatic rings. The topological polar surface area (TPSA) is 67.6 Å². The first-order valence-electron chi connectivity index (χ1n) is 7.81. The van der Waals surface area contributed by atoms with E-state index in [0.717, 1.165) is 25.1 Å². The molecule has 2 aromatic rings. The minimum absolute atomic E-state index is 0.0565. The van der Waals surface area contributed by atoms with Crippen LogP contribution in [-0.4, -0.2) is 31.3 Å². The number of carbonyl (C=O) groups is 1. The number of methoxy groups -OCH3 is 1. The Balaban J connectivity index is 1.60. The van der Waals surface area contributed by atoms with E-state index in [1.165, 1.54) is 11.3 Å². The van der Waals surface area contributed by atoms with E-state index in [0.29, 0.717) is 24.5 Å². The molecule has 0 saturated carbocycles. The molecule has 0 radical (unpaired) electrons. The summed E-state index contributed by atoms with van der Waals surface area (Å²) in [6, 6.07) is 7.84. The number of benzene rings is 1. The van der Waals surface area contributed by atoms with Gasteiger partial charge in [-0.25, -0.2) is 0 Å². The van der Waals surface area contributed by atoms with Crippen LogP contribution in [0.4, 0.5) is 11.5 Å². The molecular formula is C17H21N3O3. The summed E-state index contributed by atoms with van der Waals surface area (Å²) in [6.45, 7) is 3.44. The fourth-order valence-corrected chi connectivity index (χ4v) is 2.88. The minimum Gasteiger partial charge on any atom is -0.497 e.